The van der Waals surface area contributed by atoms with E-state index < -0.39 is 18.0 Å². The fourth-order valence-corrected chi connectivity index (χ4v) is 4.76. The van der Waals surface area contributed by atoms with Gasteiger partial charge in [0.2, 0.25) is 5.91 Å². The number of fused-ring (bicyclic) bond motifs is 1. The Kier molecular flexibility index (Phi) is 7.02. The Morgan fingerprint density at radius 3 is 2.42 bits per heavy atom. The molecule has 184 valence electrons. The maximum atomic E-state index is 13.6. The number of benzene rings is 3. The van der Waals surface area contributed by atoms with E-state index in [1.807, 2.05) is 42.5 Å². The number of amides is 2. The molecule has 3 unspecified atom stereocenters. The molecule has 36 heavy (non-hydrogen) atoms. The first kappa shape index (κ1) is 24.0. The molecule has 2 heterocycles. The number of carbonyl (C=O) groups excluding carboxylic acids is 3. The molecule has 2 aliphatic heterocycles. The third-order valence-corrected chi connectivity index (χ3v) is 6.70. The van der Waals surface area contributed by atoms with Crippen molar-refractivity contribution in [2.24, 2.45) is 0 Å². The van der Waals surface area contributed by atoms with E-state index in [0.717, 1.165) is 5.56 Å². The monoisotopic (exact) mass is 504 g/mol. The molecule has 0 aromatic heterocycles. The van der Waals surface area contributed by atoms with Gasteiger partial charge < -0.3 is 19.7 Å². The van der Waals surface area contributed by atoms with Crippen LogP contribution in [-0.4, -0.2) is 53.8 Å². The summed E-state index contributed by atoms with van der Waals surface area (Å²) < 4.78 is 11.3. The summed E-state index contributed by atoms with van der Waals surface area (Å²) in [5, 5.41) is 3.46. The maximum Gasteiger partial charge on any atom is 0.251 e. The Morgan fingerprint density at radius 2 is 1.69 bits per heavy atom. The molecule has 2 fully saturated rings. The highest BCUT2D eigenvalue weighted by molar-refractivity contribution is 6.30. The second-order valence-corrected chi connectivity index (χ2v) is 9.31. The van der Waals surface area contributed by atoms with Gasteiger partial charge in [-0.15, -0.1) is 0 Å². The zero-order chi connectivity index (χ0) is 25.1. The number of nitrogens with one attached hydrogen (secondary N) is 1. The van der Waals surface area contributed by atoms with Crippen molar-refractivity contribution in [3.05, 3.63) is 95.0 Å². The second-order valence-electron chi connectivity index (χ2n) is 8.88. The first-order valence-electron chi connectivity index (χ1n) is 11.8. The van der Waals surface area contributed by atoms with Gasteiger partial charge in [-0.1, -0.05) is 41.9 Å². The zero-order valence-electron chi connectivity index (χ0n) is 19.4. The van der Waals surface area contributed by atoms with Crippen molar-refractivity contribution < 1.29 is 23.9 Å². The van der Waals surface area contributed by atoms with E-state index in [0.29, 0.717) is 35.1 Å². The summed E-state index contributed by atoms with van der Waals surface area (Å²) >= 11 is 6.01. The molecule has 5 rings (SSSR count). The molecule has 3 aromatic carbocycles. The predicted molar refractivity (Wildman–Crippen MR) is 134 cm³/mol. The normalized spacial score (nSPS) is 19.6. The van der Waals surface area contributed by atoms with Crippen molar-refractivity contribution in [1.82, 2.24) is 10.2 Å². The molecule has 3 aromatic rings. The van der Waals surface area contributed by atoms with Crippen molar-refractivity contribution in [2.45, 2.75) is 31.0 Å². The average Bonchev–Trinajstić information content (AvgIpc) is 3.48. The fourth-order valence-electron chi connectivity index (χ4n) is 4.64. The molecule has 2 aliphatic rings. The number of halogens is 1. The molecule has 2 saturated heterocycles. The van der Waals surface area contributed by atoms with Gasteiger partial charge in [0, 0.05) is 23.6 Å². The number of carbonyl (C=O) groups is 3. The van der Waals surface area contributed by atoms with Crippen LogP contribution in [0.3, 0.4) is 0 Å². The minimum absolute atomic E-state index is 0.0186. The van der Waals surface area contributed by atoms with Crippen molar-refractivity contribution in [3.8, 4) is 11.5 Å². The van der Waals surface area contributed by atoms with Crippen molar-refractivity contribution >= 4 is 29.2 Å². The summed E-state index contributed by atoms with van der Waals surface area (Å²) in [7, 11) is 0. The van der Waals surface area contributed by atoms with Crippen LogP contribution in [0.5, 0.6) is 11.5 Å². The van der Waals surface area contributed by atoms with Crippen LogP contribution in [0.4, 0.5) is 0 Å². The van der Waals surface area contributed by atoms with E-state index in [2.05, 4.69) is 5.32 Å². The van der Waals surface area contributed by atoms with Gasteiger partial charge in [0.15, 0.2) is 5.78 Å². The molecule has 0 spiro atoms. The lowest BCUT2D eigenvalue weighted by Gasteiger charge is -2.27. The van der Waals surface area contributed by atoms with Gasteiger partial charge >= 0.3 is 0 Å². The highest BCUT2D eigenvalue weighted by Crippen LogP contribution is 2.28. The summed E-state index contributed by atoms with van der Waals surface area (Å²) in [5.74, 6) is 0.496. The number of para-hydroxylation sites is 1. The minimum atomic E-state index is -0.855. The summed E-state index contributed by atoms with van der Waals surface area (Å²) in [4.78, 5) is 40.6. The van der Waals surface area contributed by atoms with E-state index in [-0.39, 0.29) is 30.8 Å². The van der Waals surface area contributed by atoms with Crippen LogP contribution in [0, 0.1) is 0 Å². The van der Waals surface area contributed by atoms with Gasteiger partial charge in [-0.2, -0.15) is 0 Å². The molecular formula is C28H25ClN2O5. The Hall–Kier alpha value is -3.68. The van der Waals surface area contributed by atoms with Gasteiger partial charge in [0.1, 0.15) is 30.2 Å². The van der Waals surface area contributed by atoms with Gasteiger partial charge in [0.25, 0.3) is 5.91 Å². The van der Waals surface area contributed by atoms with Crippen molar-refractivity contribution in [2.75, 3.05) is 13.2 Å². The third-order valence-electron chi connectivity index (χ3n) is 6.45. The summed E-state index contributed by atoms with van der Waals surface area (Å²) in [6.07, 6.45) is 0.595. The van der Waals surface area contributed by atoms with E-state index >= 15 is 0 Å². The molecule has 7 nitrogen and oxygen atoms in total. The first-order valence-corrected chi connectivity index (χ1v) is 12.2. The minimum Gasteiger partial charge on any atom is -0.457 e. The molecule has 0 bridgehead atoms. The van der Waals surface area contributed by atoms with Gasteiger partial charge in [-0.05, 0) is 60.5 Å². The number of hydrogen-bond acceptors (Lipinski definition) is 5. The first-order chi connectivity index (χ1) is 17.5. The molecule has 2 amide bonds. The van der Waals surface area contributed by atoms with E-state index in [1.54, 1.807) is 41.3 Å². The van der Waals surface area contributed by atoms with Crippen LogP contribution >= 0.6 is 11.6 Å². The number of Topliss-reactive ketones (excluding diaryl/α,β-unsaturated/α-hetero) is 1. The lowest BCUT2D eigenvalue weighted by Crippen LogP contribution is -2.53. The van der Waals surface area contributed by atoms with E-state index in [4.69, 9.17) is 21.1 Å². The zero-order valence-corrected chi connectivity index (χ0v) is 20.2. The molecular weight excluding hydrogens is 480 g/mol. The third kappa shape index (κ3) is 5.27. The number of likely N-dealkylation sites (tertiary alicyclic amines) is 1. The largest absolute Gasteiger partial charge is 0.457 e. The Morgan fingerprint density at radius 1 is 1.00 bits per heavy atom. The smallest absolute Gasteiger partial charge is 0.251 e. The molecule has 1 N–H and O–H groups in total. The second kappa shape index (κ2) is 10.5. The summed E-state index contributed by atoms with van der Waals surface area (Å²) in [6, 6.07) is 21.7. The van der Waals surface area contributed by atoms with Crippen LogP contribution in [0.25, 0.3) is 0 Å². The molecule has 3 atom stereocenters. The number of rotatable bonds is 7. The van der Waals surface area contributed by atoms with Gasteiger partial charge in [-0.3, -0.25) is 14.4 Å². The van der Waals surface area contributed by atoms with Crippen LogP contribution in [0.1, 0.15) is 22.3 Å². The summed E-state index contributed by atoms with van der Waals surface area (Å²) in [6.45, 7) is 0.434. The highest BCUT2D eigenvalue weighted by atomic mass is 35.5. The number of hydrogen-bond donors (Lipinski definition) is 1. The Balaban J connectivity index is 1.32. The topological polar surface area (TPSA) is 84.9 Å². The predicted octanol–water partition coefficient (Wildman–Crippen LogP) is 4.04. The molecule has 0 radical (unpaired) electrons. The van der Waals surface area contributed by atoms with Gasteiger partial charge in [0.05, 0.1) is 6.10 Å². The summed E-state index contributed by atoms with van der Waals surface area (Å²) in [5.41, 5.74) is 1.23. The number of ketones is 1. The Labute approximate surface area is 214 Å². The molecule has 8 heteroatoms. The lowest BCUT2D eigenvalue weighted by molar-refractivity contribution is -0.138. The van der Waals surface area contributed by atoms with Crippen molar-refractivity contribution in [1.29, 1.82) is 0 Å². The van der Waals surface area contributed by atoms with E-state index in [9.17, 15) is 14.4 Å². The number of nitrogens with zero attached hydrogens (tertiary/aromatic N) is 1. The van der Waals surface area contributed by atoms with E-state index in [1.165, 1.54) is 0 Å². The van der Waals surface area contributed by atoms with Crippen LogP contribution in [0.15, 0.2) is 78.9 Å². The fraction of sp³-hybridized carbons (Fsp3) is 0.250. The lowest BCUT2D eigenvalue weighted by atomic mass is 10.0. The van der Waals surface area contributed by atoms with Crippen LogP contribution in [0.2, 0.25) is 5.02 Å². The maximum absolute atomic E-state index is 13.6. The molecule has 0 saturated carbocycles. The highest BCUT2D eigenvalue weighted by Gasteiger charge is 2.48. The SMILES string of the molecule is O=C(NC(Cc1ccc(Cl)cc1)C(=O)N1CCC2OCC(=O)C21)c1ccc(Oc2ccccc2)cc1. The quantitative estimate of drug-likeness (QED) is 0.525. The molecule has 0 aliphatic carbocycles. The van der Waals surface area contributed by atoms with Crippen LogP contribution in [-0.2, 0) is 20.7 Å². The van der Waals surface area contributed by atoms with Crippen molar-refractivity contribution in [3.63, 3.8) is 0 Å². The number of ether oxygens (including phenoxy) is 2. The van der Waals surface area contributed by atoms with Gasteiger partial charge in [-0.25, -0.2) is 0 Å². The standard InChI is InChI=1S/C28H25ClN2O5/c29-20-10-6-18(7-11-20)16-23(28(34)31-15-14-25-26(31)24(32)17-35-25)30-27(33)19-8-12-22(13-9-19)36-21-4-2-1-3-5-21/h1-13,23,25-26H,14-17H2,(H,30,33). The average molecular weight is 505 g/mol. The Bertz CT molecular complexity index is 1250. The van der Waals surface area contributed by atoms with Crippen LogP contribution < -0.4 is 10.1 Å².